The van der Waals surface area contributed by atoms with Crippen LogP contribution in [0.1, 0.15) is 50.7 Å². The molecule has 1 heteroatoms. The molecule has 0 fully saturated rings. The standard InChI is InChI=1S/C16H26O/c1-5-7-14(8-6-2)12-15-9-10-16(17-4)13(3)11-15/h9-11,14H,5-8,12H2,1-4H3. The first kappa shape index (κ1) is 14.1. The number of hydrogen-bond acceptors (Lipinski definition) is 1. The van der Waals surface area contributed by atoms with E-state index in [0.717, 1.165) is 11.7 Å². The van der Waals surface area contributed by atoms with Gasteiger partial charge in [-0.2, -0.15) is 0 Å². The maximum atomic E-state index is 5.30. The quantitative estimate of drug-likeness (QED) is 0.660. The molecule has 1 nitrogen and oxygen atoms in total. The summed E-state index contributed by atoms with van der Waals surface area (Å²) in [4.78, 5) is 0. The van der Waals surface area contributed by atoms with E-state index in [1.54, 1.807) is 7.11 Å². The highest BCUT2D eigenvalue weighted by atomic mass is 16.5. The van der Waals surface area contributed by atoms with E-state index in [4.69, 9.17) is 4.74 Å². The molecule has 0 spiro atoms. The SMILES string of the molecule is CCCC(CCC)Cc1ccc(OC)c(C)c1. The van der Waals surface area contributed by atoms with Crippen molar-refractivity contribution in [3.8, 4) is 5.75 Å². The highest BCUT2D eigenvalue weighted by Crippen LogP contribution is 2.23. The second kappa shape index (κ2) is 7.37. The predicted molar refractivity (Wildman–Crippen MR) is 74.7 cm³/mol. The van der Waals surface area contributed by atoms with Crippen molar-refractivity contribution in [3.05, 3.63) is 29.3 Å². The van der Waals surface area contributed by atoms with E-state index in [-0.39, 0.29) is 0 Å². The van der Waals surface area contributed by atoms with Crippen LogP contribution in [0.4, 0.5) is 0 Å². The van der Waals surface area contributed by atoms with E-state index in [1.165, 1.54) is 43.2 Å². The molecule has 1 rings (SSSR count). The minimum Gasteiger partial charge on any atom is -0.496 e. The molecule has 0 heterocycles. The van der Waals surface area contributed by atoms with Gasteiger partial charge in [0.1, 0.15) is 5.75 Å². The lowest BCUT2D eigenvalue weighted by molar-refractivity contribution is 0.410. The number of hydrogen-bond donors (Lipinski definition) is 0. The van der Waals surface area contributed by atoms with Gasteiger partial charge in [0.2, 0.25) is 0 Å². The van der Waals surface area contributed by atoms with Crippen LogP contribution in [-0.4, -0.2) is 7.11 Å². The lowest BCUT2D eigenvalue weighted by Gasteiger charge is -2.16. The van der Waals surface area contributed by atoms with Gasteiger partial charge < -0.3 is 4.74 Å². The molecule has 0 atom stereocenters. The molecule has 0 aliphatic heterocycles. The monoisotopic (exact) mass is 234 g/mol. The third-order valence-electron chi connectivity index (χ3n) is 3.38. The summed E-state index contributed by atoms with van der Waals surface area (Å²) in [5.74, 6) is 1.84. The minimum absolute atomic E-state index is 0.845. The molecule has 0 radical (unpaired) electrons. The van der Waals surface area contributed by atoms with Gasteiger partial charge in [-0.1, -0.05) is 51.7 Å². The van der Waals surface area contributed by atoms with Crippen molar-refractivity contribution in [3.63, 3.8) is 0 Å². The first-order chi connectivity index (χ1) is 8.21. The molecular formula is C16H26O. The number of rotatable bonds is 7. The maximum Gasteiger partial charge on any atom is 0.121 e. The van der Waals surface area contributed by atoms with Gasteiger partial charge >= 0.3 is 0 Å². The van der Waals surface area contributed by atoms with Gasteiger partial charge in [0.05, 0.1) is 7.11 Å². The van der Waals surface area contributed by atoms with Crippen LogP contribution in [-0.2, 0) is 6.42 Å². The summed E-state index contributed by atoms with van der Waals surface area (Å²) in [7, 11) is 1.74. The number of methoxy groups -OCH3 is 1. The van der Waals surface area contributed by atoms with Crippen LogP contribution >= 0.6 is 0 Å². The fraction of sp³-hybridized carbons (Fsp3) is 0.625. The molecule has 1 aromatic rings. The summed E-state index contributed by atoms with van der Waals surface area (Å²) >= 11 is 0. The molecule has 0 N–H and O–H groups in total. The first-order valence-electron chi connectivity index (χ1n) is 6.84. The second-order valence-corrected chi connectivity index (χ2v) is 4.95. The molecular weight excluding hydrogens is 208 g/mol. The van der Waals surface area contributed by atoms with E-state index < -0.39 is 0 Å². The zero-order chi connectivity index (χ0) is 12.7. The maximum absolute atomic E-state index is 5.30. The largest absolute Gasteiger partial charge is 0.496 e. The van der Waals surface area contributed by atoms with Gasteiger partial charge in [0.25, 0.3) is 0 Å². The summed E-state index contributed by atoms with van der Waals surface area (Å²) < 4.78 is 5.30. The summed E-state index contributed by atoms with van der Waals surface area (Å²) in [6.45, 7) is 6.68. The molecule has 17 heavy (non-hydrogen) atoms. The van der Waals surface area contributed by atoms with Crippen molar-refractivity contribution in [2.24, 2.45) is 5.92 Å². The topological polar surface area (TPSA) is 9.23 Å². The van der Waals surface area contributed by atoms with Crippen LogP contribution in [0.5, 0.6) is 5.75 Å². The Kier molecular flexibility index (Phi) is 6.10. The lowest BCUT2D eigenvalue weighted by atomic mass is 9.90. The smallest absolute Gasteiger partial charge is 0.121 e. The van der Waals surface area contributed by atoms with Gasteiger partial charge in [-0.25, -0.2) is 0 Å². The van der Waals surface area contributed by atoms with Gasteiger partial charge in [0, 0.05) is 0 Å². The normalized spacial score (nSPS) is 10.9. The Labute approximate surface area is 106 Å². The molecule has 0 aliphatic carbocycles. The Morgan fingerprint density at radius 3 is 2.24 bits per heavy atom. The van der Waals surface area contributed by atoms with Crippen molar-refractivity contribution >= 4 is 0 Å². The van der Waals surface area contributed by atoms with Gasteiger partial charge in [-0.3, -0.25) is 0 Å². The molecule has 0 saturated carbocycles. The molecule has 0 amide bonds. The summed E-state index contributed by atoms with van der Waals surface area (Å²) in [6, 6.07) is 6.58. The first-order valence-corrected chi connectivity index (χ1v) is 6.84. The number of benzene rings is 1. The molecule has 1 aromatic carbocycles. The summed E-state index contributed by atoms with van der Waals surface area (Å²) in [5, 5.41) is 0. The highest BCUT2D eigenvalue weighted by Gasteiger charge is 2.09. The lowest BCUT2D eigenvalue weighted by Crippen LogP contribution is -2.04. The van der Waals surface area contributed by atoms with Crippen LogP contribution < -0.4 is 4.74 Å². The predicted octanol–water partition coefficient (Wildman–Crippen LogP) is 4.76. The van der Waals surface area contributed by atoms with Crippen LogP contribution in [0.15, 0.2) is 18.2 Å². The van der Waals surface area contributed by atoms with E-state index in [2.05, 4.69) is 39.0 Å². The van der Waals surface area contributed by atoms with E-state index >= 15 is 0 Å². The Balaban J connectivity index is 2.68. The van der Waals surface area contributed by atoms with Gasteiger partial charge in [-0.05, 0) is 36.5 Å². The zero-order valence-electron chi connectivity index (χ0n) is 11.8. The van der Waals surface area contributed by atoms with Crippen molar-refractivity contribution in [1.29, 1.82) is 0 Å². The number of ether oxygens (including phenoxy) is 1. The van der Waals surface area contributed by atoms with Crippen LogP contribution in [0.3, 0.4) is 0 Å². The molecule has 0 bridgehead atoms. The van der Waals surface area contributed by atoms with Crippen LogP contribution in [0.2, 0.25) is 0 Å². The van der Waals surface area contributed by atoms with Crippen LogP contribution in [0, 0.1) is 12.8 Å². The van der Waals surface area contributed by atoms with E-state index in [1.807, 2.05) is 0 Å². The fourth-order valence-corrected chi connectivity index (χ4v) is 2.57. The van der Waals surface area contributed by atoms with E-state index in [9.17, 15) is 0 Å². The third-order valence-corrected chi connectivity index (χ3v) is 3.38. The highest BCUT2D eigenvalue weighted by molar-refractivity contribution is 5.36. The average Bonchev–Trinajstić information content (AvgIpc) is 2.30. The van der Waals surface area contributed by atoms with Crippen molar-refractivity contribution < 1.29 is 4.74 Å². The van der Waals surface area contributed by atoms with E-state index in [0.29, 0.717) is 0 Å². The van der Waals surface area contributed by atoms with Gasteiger partial charge in [0.15, 0.2) is 0 Å². The summed E-state index contributed by atoms with van der Waals surface area (Å²) in [6.07, 6.45) is 6.49. The molecule has 0 aliphatic rings. The van der Waals surface area contributed by atoms with Crippen molar-refractivity contribution in [2.45, 2.75) is 52.9 Å². The minimum atomic E-state index is 0.845. The fourth-order valence-electron chi connectivity index (χ4n) is 2.57. The number of aryl methyl sites for hydroxylation is 1. The Bertz CT molecular complexity index is 324. The van der Waals surface area contributed by atoms with Crippen molar-refractivity contribution in [2.75, 3.05) is 7.11 Å². The second-order valence-electron chi connectivity index (χ2n) is 4.95. The third kappa shape index (κ3) is 4.41. The zero-order valence-corrected chi connectivity index (χ0v) is 11.8. The Morgan fingerprint density at radius 2 is 1.76 bits per heavy atom. The Morgan fingerprint density at radius 1 is 1.12 bits per heavy atom. The molecule has 0 unspecified atom stereocenters. The molecule has 96 valence electrons. The van der Waals surface area contributed by atoms with Crippen LogP contribution in [0.25, 0.3) is 0 Å². The summed E-state index contributed by atoms with van der Waals surface area (Å²) in [5.41, 5.74) is 2.70. The average molecular weight is 234 g/mol. The molecule has 0 aromatic heterocycles. The van der Waals surface area contributed by atoms with Crippen molar-refractivity contribution in [1.82, 2.24) is 0 Å². The Hall–Kier alpha value is -0.980. The van der Waals surface area contributed by atoms with Gasteiger partial charge in [-0.15, -0.1) is 0 Å². The molecule has 0 saturated heterocycles.